The highest BCUT2D eigenvalue weighted by Crippen LogP contribution is 2.00. The number of nitrogens with zero attached hydrogens (tertiary/aromatic N) is 5. The summed E-state index contributed by atoms with van der Waals surface area (Å²) in [5, 5.41) is 7.89. The van der Waals surface area contributed by atoms with Crippen LogP contribution in [0.3, 0.4) is 0 Å². The molecule has 0 radical (unpaired) electrons. The average molecular weight is 189 g/mol. The Morgan fingerprint density at radius 2 is 1.86 bits per heavy atom. The summed E-state index contributed by atoms with van der Waals surface area (Å²) in [5.41, 5.74) is 1.68. The van der Waals surface area contributed by atoms with Crippen LogP contribution in [0.25, 0.3) is 5.69 Å². The highest BCUT2D eigenvalue weighted by Gasteiger charge is 2.01. The topological polar surface area (TPSA) is 48.0 Å². The van der Waals surface area contributed by atoms with Crippen molar-refractivity contribution in [3.63, 3.8) is 0 Å². The maximum atomic E-state index is 4.11. The first-order chi connectivity index (χ1) is 6.83. The van der Waals surface area contributed by atoms with Gasteiger partial charge in [-0.1, -0.05) is 18.2 Å². The van der Waals surface area contributed by atoms with Crippen LogP contribution in [0.5, 0.6) is 0 Å². The smallest absolute Gasteiger partial charge is 0.245 e. The van der Waals surface area contributed by atoms with E-state index in [4.69, 9.17) is 0 Å². The number of benzene rings is 1. The molecular formula is C9H11N5. The Kier molecular flexibility index (Phi) is 2.14. The summed E-state index contributed by atoms with van der Waals surface area (Å²) in [6.45, 7) is 0. The summed E-state index contributed by atoms with van der Waals surface area (Å²) in [6, 6.07) is 9.79. The molecule has 0 aliphatic heterocycles. The van der Waals surface area contributed by atoms with Crippen LogP contribution >= 0.6 is 0 Å². The fourth-order valence-corrected chi connectivity index (χ4v) is 1.29. The molecule has 14 heavy (non-hydrogen) atoms. The van der Waals surface area contributed by atoms with Crippen LogP contribution in [0, 0.1) is 0 Å². The van der Waals surface area contributed by atoms with Gasteiger partial charge >= 0.3 is 0 Å². The lowest BCUT2D eigenvalue weighted by molar-refractivity contribution is 0.683. The largest absolute Gasteiger partial charge is 0.253 e. The van der Waals surface area contributed by atoms with Gasteiger partial charge in [-0.25, -0.2) is 4.68 Å². The maximum Gasteiger partial charge on any atom is 0.245 e. The first-order valence-electron chi connectivity index (χ1n) is 4.30. The summed E-state index contributed by atoms with van der Waals surface area (Å²) in [5.74, 6) is 0. The Morgan fingerprint density at radius 1 is 1.14 bits per heavy atom. The number of para-hydroxylation sites is 1. The summed E-state index contributed by atoms with van der Waals surface area (Å²) >= 11 is 0. The Labute approximate surface area is 81.3 Å². The zero-order chi connectivity index (χ0) is 9.97. The van der Waals surface area contributed by atoms with Crippen molar-refractivity contribution in [3.8, 4) is 5.69 Å². The van der Waals surface area contributed by atoms with E-state index in [1.807, 2.05) is 37.4 Å². The lowest BCUT2D eigenvalue weighted by Crippen LogP contribution is -2.23. The van der Waals surface area contributed by atoms with Crippen molar-refractivity contribution in [2.24, 2.45) is 12.0 Å². The summed E-state index contributed by atoms with van der Waals surface area (Å²) in [6.07, 6.45) is 0. The van der Waals surface area contributed by atoms with Crippen LogP contribution in [0.4, 0.5) is 0 Å². The molecule has 2 rings (SSSR count). The molecule has 1 aromatic carbocycles. The van der Waals surface area contributed by atoms with Gasteiger partial charge in [-0.2, -0.15) is 4.68 Å². The maximum absolute atomic E-state index is 4.11. The Bertz CT molecular complexity index is 479. The molecule has 72 valence electrons. The molecule has 0 amide bonds. The quantitative estimate of drug-likeness (QED) is 0.640. The molecule has 0 atom stereocenters. The molecule has 0 unspecified atom stereocenters. The Morgan fingerprint density at radius 3 is 2.50 bits per heavy atom. The van der Waals surface area contributed by atoms with E-state index in [1.54, 1.807) is 16.4 Å². The Balaban J connectivity index is 2.64. The van der Waals surface area contributed by atoms with Crippen molar-refractivity contribution in [3.05, 3.63) is 36.0 Å². The lowest BCUT2D eigenvalue weighted by atomic mass is 10.3. The van der Waals surface area contributed by atoms with Crippen LogP contribution < -0.4 is 5.62 Å². The third kappa shape index (κ3) is 1.32. The highest BCUT2D eigenvalue weighted by molar-refractivity contribution is 5.28. The molecule has 0 N–H and O–H groups in total. The molecule has 0 fully saturated rings. The second-order valence-electron chi connectivity index (χ2n) is 2.87. The molecule has 5 nitrogen and oxygen atoms in total. The molecule has 0 bridgehead atoms. The number of rotatable bonds is 1. The number of aryl methyl sites for hydroxylation is 1. The van der Waals surface area contributed by atoms with Gasteiger partial charge in [0.25, 0.3) is 0 Å². The van der Waals surface area contributed by atoms with E-state index >= 15 is 0 Å². The number of tetrazole rings is 1. The van der Waals surface area contributed by atoms with E-state index in [2.05, 4.69) is 15.4 Å². The highest BCUT2D eigenvalue weighted by atomic mass is 15.6. The SMILES string of the molecule is CN=c1n(C)nnn1-c1ccccc1. The van der Waals surface area contributed by atoms with Crippen molar-refractivity contribution in [1.29, 1.82) is 0 Å². The normalized spacial score (nSPS) is 12.0. The molecule has 0 aliphatic rings. The van der Waals surface area contributed by atoms with Gasteiger partial charge in [0.1, 0.15) is 0 Å². The van der Waals surface area contributed by atoms with Crippen LogP contribution in [0.1, 0.15) is 0 Å². The van der Waals surface area contributed by atoms with E-state index in [0.717, 1.165) is 11.3 Å². The molecule has 0 aliphatic carbocycles. The van der Waals surface area contributed by atoms with Crippen LogP contribution in [0.15, 0.2) is 35.3 Å². The fraction of sp³-hybridized carbons (Fsp3) is 0.222. The minimum atomic E-state index is 0.719. The van der Waals surface area contributed by atoms with Gasteiger partial charge in [0.15, 0.2) is 0 Å². The van der Waals surface area contributed by atoms with Crippen LogP contribution in [-0.2, 0) is 7.05 Å². The zero-order valence-corrected chi connectivity index (χ0v) is 8.12. The molecule has 0 spiro atoms. The Hall–Kier alpha value is -1.91. The molecule has 5 heteroatoms. The summed E-state index contributed by atoms with van der Waals surface area (Å²) < 4.78 is 3.33. The first kappa shape index (κ1) is 8.68. The zero-order valence-electron chi connectivity index (χ0n) is 8.12. The minimum Gasteiger partial charge on any atom is -0.253 e. The van der Waals surface area contributed by atoms with Crippen molar-refractivity contribution in [1.82, 2.24) is 19.8 Å². The second kappa shape index (κ2) is 3.45. The standard InChI is InChI=1S/C9H11N5/c1-10-9-13(2)11-12-14(9)8-6-4-3-5-7-8/h3-7H,1-2H3. The predicted molar refractivity (Wildman–Crippen MR) is 51.8 cm³/mol. The molecule has 1 aromatic heterocycles. The van der Waals surface area contributed by atoms with Crippen LogP contribution in [-0.4, -0.2) is 26.8 Å². The minimum absolute atomic E-state index is 0.719. The number of aromatic nitrogens is 4. The van der Waals surface area contributed by atoms with E-state index < -0.39 is 0 Å². The molecule has 1 heterocycles. The van der Waals surface area contributed by atoms with Gasteiger partial charge in [0, 0.05) is 14.1 Å². The lowest BCUT2D eigenvalue weighted by Gasteiger charge is -1.97. The van der Waals surface area contributed by atoms with Crippen molar-refractivity contribution in [2.75, 3.05) is 7.05 Å². The van der Waals surface area contributed by atoms with Crippen LogP contribution in [0.2, 0.25) is 0 Å². The van der Waals surface area contributed by atoms with E-state index in [9.17, 15) is 0 Å². The molecule has 0 saturated carbocycles. The van der Waals surface area contributed by atoms with Crippen molar-refractivity contribution in [2.45, 2.75) is 0 Å². The third-order valence-electron chi connectivity index (χ3n) is 1.94. The average Bonchev–Trinajstić information content (AvgIpc) is 2.61. The van der Waals surface area contributed by atoms with Gasteiger partial charge < -0.3 is 0 Å². The third-order valence-corrected chi connectivity index (χ3v) is 1.94. The van der Waals surface area contributed by atoms with Gasteiger partial charge in [0.2, 0.25) is 5.62 Å². The first-order valence-corrected chi connectivity index (χ1v) is 4.30. The van der Waals surface area contributed by atoms with E-state index in [-0.39, 0.29) is 0 Å². The number of hydrogen-bond donors (Lipinski definition) is 0. The van der Waals surface area contributed by atoms with Crippen molar-refractivity contribution >= 4 is 0 Å². The molecular weight excluding hydrogens is 178 g/mol. The number of hydrogen-bond acceptors (Lipinski definition) is 3. The molecule has 0 saturated heterocycles. The van der Waals surface area contributed by atoms with Gasteiger partial charge in [-0.05, 0) is 22.6 Å². The van der Waals surface area contributed by atoms with E-state index in [0.29, 0.717) is 0 Å². The van der Waals surface area contributed by atoms with Gasteiger partial charge in [-0.3, -0.25) is 4.99 Å². The monoisotopic (exact) mass is 189 g/mol. The summed E-state index contributed by atoms with van der Waals surface area (Å²) in [4.78, 5) is 4.11. The van der Waals surface area contributed by atoms with E-state index in [1.165, 1.54) is 0 Å². The fourth-order valence-electron chi connectivity index (χ4n) is 1.29. The van der Waals surface area contributed by atoms with Gasteiger partial charge in [0.05, 0.1) is 5.69 Å². The van der Waals surface area contributed by atoms with Crippen molar-refractivity contribution < 1.29 is 0 Å². The predicted octanol–water partition coefficient (Wildman–Crippen LogP) is 0.136. The second-order valence-corrected chi connectivity index (χ2v) is 2.87. The summed E-state index contributed by atoms with van der Waals surface area (Å²) in [7, 11) is 3.53. The van der Waals surface area contributed by atoms with Gasteiger partial charge in [-0.15, -0.1) is 0 Å². The molecule has 2 aromatic rings.